The van der Waals surface area contributed by atoms with Crippen LogP contribution in [0.15, 0.2) is 42.7 Å². The first-order valence-electron chi connectivity index (χ1n) is 7.25. The van der Waals surface area contributed by atoms with E-state index in [4.69, 9.17) is 0 Å². The Kier molecular flexibility index (Phi) is 4.03. The number of nitriles is 1. The summed E-state index contributed by atoms with van der Waals surface area (Å²) in [7, 11) is 3.95. The number of anilines is 3. The van der Waals surface area contributed by atoms with E-state index in [0.717, 1.165) is 16.8 Å². The van der Waals surface area contributed by atoms with Crippen molar-refractivity contribution in [3.05, 3.63) is 48.3 Å². The van der Waals surface area contributed by atoms with Crippen LogP contribution in [0.4, 0.5) is 17.2 Å². The van der Waals surface area contributed by atoms with Gasteiger partial charge in [-0.15, -0.1) is 0 Å². The first-order valence-corrected chi connectivity index (χ1v) is 7.25. The maximum Gasteiger partial charge on any atom is 0.208 e. The van der Waals surface area contributed by atoms with Gasteiger partial charge in [0.2, 0.25) is 5.88 Å². The van der Waals surface area contributed by atoms with Gasteiger partial charge in [0.05, 0.1) is 11.3 Å². The first-order chi connectivity index (χ1) is 11.6. The summed E-state index contributed by atoms with van der Waals surface area (Å²) in [5.74, 6) is 0.364. The minimum Gasteiger partial charge on any atom is -0.494 e. The Bertz CT molecular complexity index is 892. The number of rotatable bonds is 4. The Morgan fingerprint density at radius 1 is 1.21 bits per heavy atom. The molecular formula is C17H16N6O. The maximum absolute atomic E-state index is 9.39. The lowest BCUT2D eigenvalue weighted by atomic mass is 10.0. The third kappa shape index (κ3) is 2.98. The van der Waals surface area contributed by atoms with Gasteiger partial charge in [-0.1, -0.05) is 12.1 Å². The van der Waals surface area contributed by atoms with E-state index in [0.29, 0.717) is 17.1 Å². The van der Waals surface area contributed by atoms with E-state index >= 15 is 0 Å². The molecule has 0 atom stereocenters. The van der Waals surface area contributed by atoms with Crippen LogP contribution in [0.5, 0.6) is 5.88 Å². The molecule has 2 aromatic heterocycles. The summed E-state index contributed by atoms with van der Waals surface area (Å²) >= 11 is 0. The van der Waals surface area contributed by atoms with Crippen LogP contribution in [0.2, 0.25) is 0 Å². The fourth-order valence-corrected chi connectivity index (χ4v) is 2.34. The van der Waals surface area contributed by atoms with Crippen molar-refractivity contribution < 1.29 is 5.11 Å². The van der Waals surface area contributed by atoms with Crippen LogP contribution < -0.4 is 10.2 Å². The van der Waals surface area contributed by atoms with Crippen LogP contribution >= 0.6 is 0 Å². The van der Waals surface area contributed by atoms with E-state index in [1.54, 1.807) is 6.20 Å². The van der Waals surface area contributed by atoms with Crippen molar-refractivity contribution in [1.82, 2.24) is 15.2 Å². The van der Waals surface area contributed by atoms with Gasteiger partial charge in [0.25, 0.3) is 0 Å². The van der Waals surface area contributed by atoms with Gasteiger partial charge >= 0.3 is 0 Å². The highest BCUT2D eigenvalue weighted by Crippen LogP contribution is 2.33. The number of hydrogen-bond acceptors (Lipinski definition) is 6. The van der Waals surface area contributed by atoms with Crippen LogP contribution in [-0.2, 0) is 0 Å². The summed E-state index contributed by atoms with van der Waals surface area (Å²) < 4.78 is 0. The topological polar surface area (TPSA) is 101 Å². The molecule has 2 heterocycles. The molecule has 120 valence electrons. The SMILES string of the molecule is CN(C)c1ccc(-c2cncc(C#N)c2Nc2cc(O)[nH]n2)cc1. The normalized spacial score (nSPS) is 10.2. The molecule has 0 spiro atoms. The zero-order chi connectivity index (χ0) is 17.1. The Labute approximate surface area is 139 Å². The zero-order valence-corrected chi connectivity index (χ0v) is 13.3. The van der Waals surface area contributed by atoms with Crippen molar-refractivity contribution in [1.29, 1.82) is 5.26 Å². The molecular weight excluding hydrogens is 304 g/mol. The molecule has 3 rings (SSSR count). The van der Waals surface area contributed by atoms with Crippen LogP contribution in [0.1, 0.15) is 5.56 Å². The van der Waals surface area contributed by atoms with Crippen molar-refractivity contribution in [2.24, 2.45) is 0 Å². The summed E-state index contributed by atoms with van der Waals surface area (Å²) in [5, 5.41) is 28.2. The standard InChI is InChI=1S/C17H16N6O/c1-23(2)13-5-3-11(4-6-13)14-10-19-9-12(8-18)17(14)20-15-7-16(24)22-21-15/h3-7,9-10H,1-2H3,(H3,19,20,21,22,24). The largest absolute Gasteiger partial charge is 0.494 e. The average Bonchev–Trinajstić information content (AvgIpc) is 3.00. The molecule has 0 saturated carbocycles. The summed E-state index contributed by atoms with van der Waals surface area (Å²) in [4.78, 5) is 6.16. The smallest absolute Gasteiger partial charge is 0.208 e. The molecule has 1 aromatic carbocycles. The molecule has 0 radical (unpaired) electrons. The number of benzene rings is 1. The van der Waals surface area contributed by atoms with E-state index in [-0.39, 0.29) is 5.88 Å². The molecule has 3 N–H and O–H groups in total. The van der Waals surface area contributed by atoms with E-state index in [1.807, 2.05) is 43.3 Å². The lowest BCUT2D eigenvalue weighted by molar-refractivity contribution is 0.452. The number of H-pyrrole nitrogens is 1. The van der Waals surface area contributed by atoms with Crippen LogP contribution in [0.3, 0.4) is 0 Å². The Hall–Kier alpha value is -3.53. The second-order valence-corrected chi connectivity index (χ2v) is 5.43. The molecule has 0 unspecified atom stereocenters. The molecule has 0 fully saturated rings. The van der Waals surface area contributed by atoms with Crippen LogP contribution in [0.25, 0.3) is 11.1 Å². The Morgan fingerprint density at radius 2 is 1.96 bits per heavy atom. The molecule has 0 aliphatic rings. The fraction of sp³-hybridized carbons (Fsp3) is 0.118. The van der Waals surface area contributed by atoms with E-state index in [2.05, 4.69) is 26.6 Å². The minimum atomic E-state index is -0.0538. The first kappa shape index (κ1) is 15.4. The number of aromatic amines is 1. The number of pyridine rings is 1. The lowest BCUT2D eigenvalue weighted by Crippen LogP contribution is -2.08. The average molecular weight is 320 g/mol. The minimum absolute atomic E-state index is 0.0538. The lowest BCUT2D eigenvalue weighted by Gasteiger charge is -2.15. The molecule has 0 aliphatic heterocycles. The quantitative estimate of drug-likeness (QED) is 0.683. The van der Waals surface area contributed by atoms with Crippen LogP contribution in [-0.4, -0.2) is 34.4 Å². The van der Waals surface area contributed by atoms with Crippen molar-refractivity contribution >= 4 is 17.2 Å². The van der Waals surface area contributed by atoms with E-state index in [1.165, 1.54) is 12.3 Å². The molecule has 0 amide bonds. The highest BCUT2D eigenvalue weighted by atomic mass is 16.3. The van der Waals surface area contributed by atoms with Gasteiger partial charge in [-0.2, -0.15) is 10.4 Å². The van der Waals surface area contributed by atoms with Crippen molar-refractivity contribution in [3.63, 3.8) is 0 Å². The Balaban J connectivity index is 2.05. The molecule has 7 nitrogen and oxygen atoms in total. The summed E-state index contributed by atoms with van der Waals surface area (Å²) in [6.45, 7) is 0. The number of nitrogens with one attached hydrogen (secondary N) is 2. The highest BCUT2D eigenvalue weighted by Gasteiger charge is 2.13. The third-order valence-electron chi connectivity index (χ3n) is 3.58. The van der Waals surface area contributed by atoms with Crippen molar-refractivity contribution in [3.8, 4) is 23.1 Å². The molecule has 0 aliphatic carbocycles. The van der Waals surface area contributed by atoms with Crippen molar-refractivity contribution in [2.75, 3.05) is 24.3 Å². The summed E-state index contributed by atoms with van der Waals surface area (Å²) in [6, 6.07) is 11.5. The predicted molar refractivity (Wildman–Crippen MR) is 92.3 cm³/mol. The summed E-state index contributed by atoms with van der Waals surface area (Å²) in [5.41, 5.74) is 3.77. The number of nitrogens with zero attached hydrogens (tertiary/aromatic N) is 4. The van der Waals surface area contributed by atoms with Gasteiger partial charge in [-0.25, -0.2) is 5.10 Å². The van der Waals surface area contributed by atoms with Gasteiger partial charge in [0.15, 0.2) is 5.82 Å². The maximum atomic E-state index is 9.39. The Morgan fingerprint density at radius 3 is 2.54 bits per heavy atom. The zero-order valence-electron chi connectivity index (χ0n) is 13.3. The van der Waals surface area contributed by atoms with Gasteiger partial charge in [-0.3, -0.25) is 4.98 Å². The predicted octanol–water partition coefficient (Wildman–Crippen LogP) is 2.86. The van der Waals surface area contributed by atoms with Crippen molar-refractivity contribution in [2.45, 2.75) is 0 Å². The molecule has 7 heteroatoms. The molecule has 0 bridgehead atoms. The van der Waals surface area contributed by atoms with Gasteiger partial charge in [0.1, 0.15) is 6.07 Å². The van der Waals surface area contributed by atoms with Crippen LogP contribution in [0, 0.1) is 11.3 Å². The fourth-order valence-electron chi connectivity index (χ4n) is 2.34. The third-order valence-corrected chi connectivity index (χ3v) is 3.58. The highest BCUT2D eigenvalue weighted by molar-refractivity contribution is 5.84. The molecule has 3 aromatic rings. The number of aromatic hydroxyl groups is 1. The van der Waals surface area contributed by atoms with Gasteiger partial charge in [0, 0.05) is 43.8 Å². The second kappa shape index (κ2) is 6.30. The second-order valence-electron chi connectivity index (χ2n) is 5.43. The molecule has 24 heavy (non-hydrogen) atoms. The number of hydrogen-bond donors (Lipinski definition) is 3. The van der Waals surface area contributed by atoms with E-state index < -0.39 is 0 Å². The monoisotopic (exact) mass is 320 g/mol. The van der Waals surface area contributed by atoms with Gasteiger partial charge < -0.3 is 15.3 Å². The molecule has 0 saturated heterocycles. The number of aromatic nitrogens is 3. The van der Waals surface area contributed by atoms with Gasteiger partial charge in [-0.05, 0) is 17.7 Å². The van der Waals surface area contributed by atoms with E-state index in [9.17, 15) is 10.4 Å². The summed E-state index contributed by atoms with van der Waals surface area (Å²) in [6.07, 6.45) is 3.19.